The Hall–Kier alpha value is -0.750. The van der Waals surface area contributed by atoms with Gasteiger partial charge in [-0.3, -0.25) is 4.21 Å². The second kappa shape index (κ2) is 5.37. The monoisotopic (exact) mass is 228 g/mol. The standard InChI is InChI=1S/C10H15NO3S/c1-7(15(13)14)8-2-4-9(5-3-8)10(11)6-12/h2-5,7,10,12H,6,11H2,1H3,(H,13,14)/p-1/t7?,10-/m0/s1. The molecule has 1 rings (SSSR count). The predicted molar refractivity (Wildman–Crippen MR) is 57.8 cm³/mol. The van der Waals surface area contributed by atoms with Crippen molar-refractivity contribution in [1.82, 2.24) is 0 Å². The molecule has 84 valence electrons. The van der Waals surface area contributed by atoms with Gasteiger partial charge in [-0.1, -0.05) is 24.3 Å². The lowest BCUT2D eigenvalue weighted by Crippen LogP contribution is -2.14. The first-order chi connectivity index (χ1) is 7.06. The number of rotatable bonds is 4. The summed E-state index contributed by atoms with van der Waals surface area (Å²) < 4.78 is 21.4. The maximum atomic E-state index is 10.7. The van der Waals surface area contributed by atoms with Gasteiger partial charge in [0, 0.05) is 5.25 Å². The van der Waals surface area contributed by atoms with Gasteiger partial charge in [0.25, 0.3) is 0 Å². The van der Waals surface area contributed by atoms with Crippen molar-refractivity contribution in [2.24, 2.45) is 5.73 Å². The predicted octanol–water partition coefficient (Wildman–Crippen LogP) is 0.619. The molecular formula is C10H14NO3S-. The molecule has 4 nitrogen and oxygen atoms in total. The van der Waals surface area contributed by atoms with Crippen LogP contribution in [0.5, 0.6) is 0 Å². The van der Waals surface area contributed by atoms with E-state index in [2.05, 4.69) is 0 Å². The largest absolute Gasteiger partial charge is 0.772 e. The molecule has 0 aliphatic rings. The highest BCUT2D eigenvalue weighted by molar-refractivity contribution is 7.79. The molecule has 0 bridgehead atoms. The molecule has 3 N–H and O–H groups in total. The van der Waals surface area contributed by atoms with E-state index in [0.29, 0.717) is 0 Å². The molecule has 2 unspecified atom stereocenters. The Labute approximate surface area is 91.4 Å². The van der Waals surface area contributed by atoms with Crippen LogP contribution in [0.3, 0.4) is 0 Å². The molecule has 0 saturated carbocycles. The molecule has 0 aromatic heterocycles. The smallest absolute Gasteiger partial charge is 0.0624 e. The minimum absolute atomic E-state index is 0.123. The molecule has 15 heavy (non-hydrogen) atoms. The van der Waals surface area contributed by atoms with Crippen LogP contribution in [-0.2, 0) is 11.1 Å². The van der Waals surface area contributed by atoms with Crippen LogP contribution in [0.2, 0.25) is 0 Å². The van der Waals surface area contributed by atoms with E-state index in [1.165, 1.54) is 0 Å². The second-order valence-corrected chi connectivity index (χ2v) is 4.59. The molecule has 0 amide bonds. The summed E-state index contributed by atoms with van der Waals surface area (Å²) in [4.78, 5) is 0. The number of aliphatic hydroxyl groups excluding tert-OH is 1. The van der Waals surface area contributed by atoms with E-state index in [4.69, 9.17) is 10.8 Å². The zero-order chi connectivity index (χ0) is 11.4. The van der Waals surface area contributed by atoms with Crippen LogP contribution in [0.15, 0.2) is 24.3 Å². The van der Waals surface area contributed by atoms with Gasteiger partial charge in [0.15, 0.2) is 0 Å². The summed E-state index contributed by atoms with van der Waals surface area (Å²) in [6.07, 6.45) is 0. The van der Waals surface area contributed by atoms with Gasteiger partial charge in [0.2, 0.25) is 0 Å². The van der Waals surface area contributed by atoms with Gasteiger partial charge in [-0.2, -0.15) is 0 Å². The molecule has 0 saturated heterocycles. The Bertz CT molecular complexity index is 339. The van der Waals surface area contributed by atoms with Crippen molar-refractivity contribution in [3.63, 3.8) is 0 Å². The van der Waals surface area contributed by atoms with Crippen LogP contribution < -0.4 is 5.73 Å². The number of nitrogens with two attached hydrogens (primary N) is 1. The molecule has 0 radical (unpaired) electrons. The molecule has 0 fully saturated rings. The van der Waals surface area contributed by atoms with Gasteiger partial charge >= 0.3 is 0 Å². The van der Waals surface area contributed by atoms with Crippen LogP contribution >= 0.6 is 0 Å². The van der Waals surface area contributed by atoms with Crippen molar-refractivity contribution in [3.05, 3.63) is 35.4 Å². The molecule has 0 aliphatic heterocycles. The van der Waals surface area contributed by atoms with Crippen molar-refractivity contribution >= 4 is 11.1 Å². The maximum absolute atomic E-state index is 10.7. The summed E-state index contributed by atoms with van der Waals surface area (Å²) in [5.74, 6) is 0. The van der Waals surface area contributed by atoms with Crippen LogP contribution in [0.4, 0.5) is 0 Å². The average Bonchev–Trinajstić information content (AvgIpc) is 2.27. The minimum atomic E-state index is -2.11. The number of hydrogen-bond donors (Lipinski definition) is 2. The van der Waals surface area contributed by atoms with Gasteiger partial charge in [-0.15, -0.1) is 0 Å². The summed E-state index contributed by atoms with van der Waals surface area (Å²) in [7, 11) is 0. The van der Waals surface area contributed by atoms with Crippen molar-refractivity contribution in [2.45, 2.75) is 18.2 Å². The third-order valence-electron chi connectivity index (χ3n) is 2.32. The fourth-order valence-electron chi connectivity index (χ4n) is 1.23. The average molecular weight is 228 g/mol. The SMILES string of the molecule is CC(c1ccc([C@@H](N)CO)cc1)S(=O)[O-]. The lowest BCUT2D eigenvalue weighted by molar-refractivity contribution is 0.268. The van der Waals surface area contributed by atoms with Crippen LogP contribution in [0.1, 0.15) is 29.3 Å². The number of hydrogen-bond acceptors (Lipinski definition) is 4. The van der Waals surface area contributed by atoms with E-state index in [9.17, 15) is 8.76 Å². The zero-order valence-electron chi connectivity index (χ0n) is 8.42. The lowest BCUT2D eigenvalue weighted by Gasteiger charge is -2.16. The number of aliphatic hydroxyl groups is 1. The van der Waals surface area contributed by atoms with Crippen molar-refractivity contribution < 1.29 is 13.9 Å². The molecule has 5 heteroatoms. The lowest BCUT2D eigenvalue weighted by atomic mass is 10.1. The summed E-state index contributed by atoms with van der Waals surface area (Å²) in [6, 6.07) is 6.49. The first kappa shape index (κ1) is 12.3. The topological polar surface area (TPSA) is 86.4 Å². The summed E-state index contributed by atoms with van der Waals surface area (Å²) in [5, 5.41) is 8.31. The minimum Gasteiger partial charge on any atom is -0.772 e. The first-order valence-corrected chi connectivity index (χ1v) is 5.74. The zero-order valence-corrected chi connectivity index (χ0v) is 9.24. The molecule has 0 aliphatic carbocycles. The number of benzene rings is 1. The Kier molecular flexibility index (Phi) is 4.41. The second-order valence-electron chi connectivity index (χ2n) is 3.36. The summed E-state index contributed by atoms with van der Waals surface area (Å²) >= 11 is -2.11. The highest BCUT2D eigenvalue weighted by Crippen LogP contribution is 2.19. The Morgan fingerprint density at radius 3 is 2.27 bits per heavy atom. The summed E-state index contributed by atoms with van der Waals surface area (Å²) in [6.45, 7) is 1.49. The highest BCUT2D eigenvalue weighted by atomic mass is 32.2. The third kappa shape index (κ3) is 3.10. The van der Waals surface area contributed by atoms with E-state index in [1.807, 2.05) is 0 Å². The van der Waals surface area contributed by atoms with E-state index in [1.54, 1.807) is 31.2 Å². The van der Waals surface area contributed by atoms with E-state index in [-0.39, 0.29) is 6.61 Å². The molecule has 0 spiro atoms. The van der Waals surface area contributed by atoms with Crippen molar-refractivity contribution in [2.75, 3.05) is 6.61 Å². The normalized spacial score (nSPS) is 17.1. The quantitative estimate of drug-likeness (QED) is 0.740. The van der Waals surface area contributed by atoms with E-state index < -0.39 is 22.4 Å². The molecule has 1 aromatic rings. The van der Waals surface area contributed by atoms with Gasteiger partial charge in [0.05, 0.1) is 12.6 Å². The van der Waals surface area contributed by atoms with Gasteiger partial charge in [-0.25, -0.2) is 0 Å². The fourth-order valence-corrected chi connectivity index (χ4v) is 1.61. The van der Waals surface area contributed by atoms with Crippen LogP contribution in [-0.4, -0.2) is 20.5 Å². The van der Waals surface area contributed by atoms with E-state index in [0.717, 1.165) is 11.1 Å². The van der Waals surface area contributed by atoms with Gasteiger partial charge < -0.3 is 15.4 Å². The highest BCUT2D eigenvalue weighted by Gasteiger charge is 2.07. The van der Waals surface area contributed by atoms with Crippen molar-refractivity contribution in [1.29, 1.82) is 0 Å². The molecule has 3 atom stereocenters. The first-order valence-electron chi connectivity index (χ1n) is 4.60. The Morgan fingerprint density at radius 2 is 1.87 bits per heavy atom. The molecule has 1 aromatic carbocycles. The van der Waals surface area contributed by atoms with Crippen LogP contribution in [0.25, 0.3) is 0 Å². The van der Waals surface area contributed by atoms with Crippen LogP contribution in [0, 0.1) is 0 Å². The van der Waals surface area contributed by atoms with Gasteiger partial charge in [0.1, 0.15) is 0 Å². The Balaban J connectivity index is 2.85. The summed E-state index contributed by atoms with van der Waals surface area (Å²) in [5.41, 5.74) is 7.12. The van der Waals surface area contributed by atoms with Crippen molar-refractivity contribution in [3.8, 4) is 0 Å². The van der Waals surface area contributed by atoms with Gasteiger partial charge in [-0.05, 0) is 29.1 Å². The maximum Gasteiger partial charge on any atom is 0.0624 e. The molecular weight excluding hydrogens is 214 g/mol. The molecule has 0 heterocycles. The third-order valence-corrected chi connectivity index (χ3v) is 3.17. The fraction of sp³-hybridized carbons (Fsp3) is 0.400. The Morgan fingerprint density at radius 1 is 1.40 bits per heavy atom. The van der Waals surface area contributed by atoms with E-state index >= 15 is 0 Å².